The normalized spacial score (nSPS) is 20.1. The fraction of sp³-hybridized carbons (Fsp3) is 0.742. The van der Waals surface area contributed by atoms with Crippen molar-refractivity contribution in [3.63, 3.8) is 0 Å². The maximum Gasteiger partial charge on any atom is 0.225 e. The molecule has 1 saturated carbocycles. The molecule has 38 heavy (non-hydrogen) atoms. The van der Waals surface area contributed by atoms with Crippen molar-refractivity contribution in [2.45, 2.75) is 98.3 Å². The number of hydrogen-bond acceptors (Lipinski definition) is 7. The first-order chi connectivity index (χ1) is 18.3. The summed E-state index contributed by atoms with van der Waals surface area (Å²) in [6, 6.07) is 0.813. The third kappa shape index (κ3) is 8.27. The van der Waals surface area contributed by atoms with Crippen molar-refractivity contribution in [3.05, 3.63) is 41.4 Å². The summed E-state index contributed by atoms with van der Waals surface area (Å²) in [7, 11) is 0. The van der Waals surface area contributed by atoms with Crippen molar-refractivity contribution in [2.75, 3.05) is 50.8 Å². The first-order valence-corrected chi connectivity index (χ1v) is 15.1. The van der Waals surface area contributed by atoms with Crippen LogP contribution < -0.4 is 4.90 Å². The molecule has 0 spiro atoms. The van der Waals surface area contributed by atoms with Crippen molar-refractivity contribution in [1.82, 2.24) is 19.8 Å². The topological polar surface area (TPSA) is 65.0 Å². The fourth-order valence-corrected chi connectivity index (χ4v) is 5.31. The third-order valence-corrected chi connectivity index (χ3v) is 8.33. The Morgan fingerprint density at radius 2 is 1.92 bits per heavy atom. The van der Waals surface area contributed by atoms with E-state index in [2.05, 4.69) is 61.5 Å². The van der Waals surface area contributed by atoms with Gasteiger partial charge in [-0.3, -0.25) is 9.80 Å². The van der Waals surface area contributed by atoms with E-state index in [1.807, 2.05) is 19.2 Å². The van der Waals surface area contributed by atoms with Crippen LogP contribution in [0, 0.1) is 12.8 Å². The summed E-state index contributed by atoms with van der Waals surface area (Å²) in [5.41, 5.74) is 1.23. The van der Waals surface area contributed by atoms with E-state index < -0.39 is 5.72 Å². The zero-order chi connectivity index (χ0) is 27.5. The Bertz CT molecular complexity index is 904. The molecule has 3 rings (SSSR count). The number of anilines is 1. The van der Waals surface area contributed by atoms with Crippen LogP contribution >= 0.6 is 0 Å². The molecular formula is C31H53N5O2. The summed E-state index contributed by atoms with van der Waals surface area (Å²) >= 11 is 0. The molecule has 1 aliphatic carbocycles. The predicted octanol–water partition coefficient (Wildman–Crippen LogP) is 5.34. The molecule has 2 atom stereocenters. The monoisotopic (exact) mass is 527 g/mol. The van der Waals surface area contributed by atoms with Gasteiger partial charge in [0.25, 0.3) is 0 Å². The van der Waals surface area contributed by atoms with Crippen LogP contribution in [-0.4, -0.2) is 82.5 Å². The van der Waals surface area contributed by atoms with Crippen LogP contribution in [0.5, 0.6) is 0 Å². The molecule has 214 valence electrons. The second kappa shape index (κ2) is 15.0. The van der Waals surface area contributed by atoms with Gasteiger partial charge in [0, 0.05) is 63.1 Å². The van der Waals surface area contributed by atoms with Gasteiger partial charge in [-0.1, -0.05) is 40.2 Å². The highest BCUT2D eigenvalue weighted by Gasteiger charge is 2.33. The predicted molar refractivity (Wildman–Crippen MR) is 157 cm³/mol. The molecule has 1 aromatic heterocycles. The fourth-order valence-electron chi connectivity index (χ4n) is 5.31. The van der Waals surface area contributed by atoms with Gasteiger partial charge in [0.15, 0.2) is 0 Å². The number of rotatable bonds is 15. The van der Waals surface area contributed by atoms with Crippen LogP contribution in [0.1, 0.15) is 84.4 Å². The molecule has 1 aliphatic heterocycles. The quantitative estimate of drug-likeness (QED) is 0.188. The van der Waals surface area contributed by atoms with Crippen LogP contribution in [0.4, 0.5) is 5.95 Å². The van der Waals surface area contributed by atoms with Crippen molar-refractivity contribution >= 4 is 5.95 Å². The molecule has 2 aliphatic rings. The van der Waals surface area contributed by atoms with Gasteiger partial charge >= 0.3 is 0 Å². The van der Waals surface area contributed by atoms with Crippen molar-refractivity contribution in [2.24, 2.45) is 5.92 Å². The lowest BCUT2D eigenvalue weighted by Crippen LogP contribution is -2.52. The van der Waals surface area contributed by atoms with Crippen LogP contribution in [0.15, 0.2) is 30.2 Å². The Morgan fingerprint density at radius 1 is 1.18 bits per heavy atom. The molecule has 7 heteroatoms. The first-order valence-electron chi connectivity index (χ1n) is 15.1. The van der Waals surface area contributed by atoms with Gasteiger partial charge in [0.2, 0.25) is 5.95 Å². The van der Waals surface area contributed by atoms with E-state index in [4.69, 9.17) is 14.7 Å². The number of aromatic nitrogens is 2. The standard InChI is InChI=1S/C31H53N5O2/c1-7-11-29(38-23-9-3)15-14-25(4)31(6,37)36(17-8-2)18-16-27-24-32-30(33-26(27)5)35-21-19-34(20-22-35)28-12-10-13-28/h11,14-15,24-25,28,37H,7-10,12-13,16-23H2,1-6H3/b15-14-,29-11+. The number of aliphatic hydroxyl groups is 1. The van der Waals surface area contributed by atoms with Gasteiger partial charge in [-0.05, 0) is 70.1 Å². The SMILES string of the molecule is CC/C=C(\C=C/C(C)C(C)(O)N(CCC)CCc1cnc(N2CCN(C3CCC3)CC2)nc1C)OCCC. The average molecular weight is 528 g/mol. The molecule has 2 unspecified atom stereocenters. The Balaban J connectivity index is 1.59. The van der Waals surface area contributed by atoms with Crippen LogP contribution in [0.25, 0.3) is 0 Å². The van der Waals surface area contributed by atoms with E-state index in [1.54, 1.807) is 0 Å². The van der Waals surface area contributed by atoms with E-state index in [1.165, 1.54) is 19.3 Å². The molecular weight excluding hydrogens is 474 g/mol. The Kier molecular flexibility index (Phi) is 12.1. The van der Waals surface area contributed by atoms with Crippen molar-refractivity contribution in [3.8, 4) is 0 Å². The van der Waals surface area contributed by atoms with Gasteiger partial charge in [-0.25, -0.2) is 9.97 Å². The van der Waals surface area contributed by atoms with Crippen molar-refractivity contribution < 1.29 is 9.84 Å². The van der Waals surface area contributed by atoms with E-state index in [0.29, 0.717) is 6.61 Å². The van der Waals surface area contributed by atoms with Gasteiger partial charge in [-0.2, -0.15) is 0 Å². The molecule has 1 saturated heterocycles. The minimum atomic E-state index is -0.969. The zero-order valence-corrected chi connectivity index (χ0v) is 25.0. The summed E-state index contributed by atoms with van der Waals surface area (Å²) in [5, 5.41) is 11.6. The van der Waals surface area contributed by atoms with Crippen LogP contribution in [0.2, 0.25) is 0 Å². The molecule has 1 aromatic rings. The Hall–Kier alpha value is -1.96. The maximum atomic E-state index is 11.6. The summed E-state index contributed by atoms with van der Waals surface area (Å²) in [6.07, 6.45) is 16.0. The number of piperazine rings is 1. The minimum absolute atomic E-state index is 0.0575. The molecule has 1 N–H and O–H groups in total. The Morgan fingerprint density at radius 3 is 2.50 bits per heavy atom. The van der Waals surface area contributed by atoms with Gasteiger partial charge in [0.1, 0.15) is 11.5 Å². The summed E-state index contributed by atoms with van der Waals surface area (Å²) in [6.45, 7) is 19.0. The second-order valence-electron chi connectivity index (χ2n) is 11.2. The molecule has 0 aromatic carbocycles. The highest BCUT2D eigenvalue weighted by molar-refractivity contribution is 5.34. The summed E-state index contributed by atoms with van der Waals surface area (Å²) < 4.78 is 5.86. The number of ether oxygens (including phenoxy) is 1. The molecule has 2 fully saturated rings. The number of aryl methyl sites for hydroxylation is 1. The maximum absolute atomic E-state index is 11.6. The number of hydrogen-bond donors (Lipinski definition) is 1. The molecule has 0 radical (unpaired) electrons. The second-order valence-corrected chi connectivity index (χ2v) is 11.2. The number of nitrogens with zero attached hydrogens (tertiary/aromatic N) is 5. The molecule has 0 amide bonds. The van der Waals surface area contributed by atoms with Crippen LogP contribution in [0.3, 0.4) is 0 Å². The van der Waals surface area contributed by atoms with E-state index in [-0.39, 0.29) is 5.92 Å². The summed E-state index contributed by atoms with van der Waals surface area (Å²) in [5.74, 6) is 1.69. The lowest BCUT2D eigenvalue weighted by molar-refractivity contribution is -0.119. The summed E-state index contributed by atoms with van der Waals surface area (Å²) in [4.78, 5) is 16.8. The van der Waals surface area contributed by atoms with Gasteiger partial charge < -0.3 is 14.7 Å². The van der Waals surface area contributed by atoms with E-state index in [9.17, 15) is 5.11 Å². The molecule has 7 nitrogen and oxygen atoms in total. The highest BCUT2D eigenvalue weighted by atomic mass is 16.5. The minimum Gasteiger partial charge on any atom is -0.494 e. The smallest absolute Gasteiger partial charge is 0.225 e. The largest absolute Gasteiger partial charge is 0.494 e. The number of allylic oxidation sites excluding steroid dienone is 2. The van der Waals surface area contributed by atoms with Gasteiger partial charge in [-0.15, -0.1) is 0 Å². The Labute approximate surface area is 232 Å². The lowest BCUT2D eigenvalue weighted by atomic mass is 9.91. The lowest BCUT2D eigenvalue weighted by Gasteiger charge is -2.43. The first kappa shape index (κ1) is 30.6. The van der Waals surface area contributed by atoms with E-state index in [0.717, 1.165) is 94.0 Å². The van der Waals surface area contributed by atoms with Crippen LogP contribution in [-0.2, 0) is 11.2 Å². The third-order valence-electron chi connectivity index (χ3n) is 8.33. The highest BCUT2D eigenvalue weighted by Crippen LogP contribution is 2.27. The average Bonchev–Trinajstić information content (AvgIpc) is 2.87. The van der Waals surface area contributed by atoms with E-state index >= 15 is 0 Å². The van der Waals surface area contributed by atoms with Gasteiger partial charge in [0.05, 0.1) is 6.61 Å². The molecule has 0 bridgehead atoms. The van der Waals surface area contributed by atoms with Crippen molar-refractivity contribution in [1.29, 1.82) is 0 Å². The zero-order valence-electron chi connectivity index (χ0n) is 25.0. The molecule has 2 heterocycles.